The fourth-order valence-corrected chi connectivity index (χ4v) is 3.50. The molecular formula is C19H26N4O3. The molecule has 1 aliphatic heterocycles. The molecule has 1 aliphatic rings. The van der Waals surface area contributed by atoms with E-state index in [0.29, 0.717) is 18.8 Å². The van der Waals surface area contributed by atoms with Gasteiger partial charge in [-0.05, 0) is 50.3 Å². The third kappa shape index (κ3) is 3.89. The van der Waals surface area contributed by atoms with Gasteiger partial charge < -0.3 is 19.6 Å². The number of nitrogens with one attached hydrogen (secondary N) is 1. The lowest BCUT2D eigenvalue weighted by Crippen LogP contribution is -2.31. The van der Waals surface area contributed by atoms with Crippen molar-refractivity contribution in [3.05, 3.63) is 36.0 Å². The minimum atomic E-state index is -0.0723. The van der Waals surface area contributed by atoms with Crippen molar-refractivity contribution >= 4 is 5.91 Å². The lowest BCUT2D eigenvalue weighted by Gasteiger charge is -2.20. The maximum absolute atomic E-state index is 12.8. The van der Waals surface area contributed by atoms with Gasteiger partial charge in [0.2, 0.25) is 0 Å². The van der Waals surface area contributed by atoms with Gasteiger partial charge in [-0.25, -0.2) is 0 Å². The molecule has 26 heavy (non-hydrogen) atoms. The highest BCUT2D eigenvalue weighted by Gasteiger charge is 2.35. The normalized spacial score (nSPS) is 20.0. The minimum Gasteiger partial charge on any atom is -0.497 e. The number of ether oxygens (including phenoxy) is 1. The maximum Gasteiger partial charge on any atom is 0.271 e. The molecule has 7 nitrogen and oxygen atoms in total. The van der Waals surface area contributed by atoms with E-state index in [-0.39, 0.29) is 24.3 Å². The molecule has 0 radical (unpaired) electrons. The molecule has 2 N–H and O–H groups in total. The summed E-state index contributed by atoms with van der Waals surface area (Å²) in [6, 6.07) is 9.33. The van der Waals surface area contributed by atoms with Crippen molar-refractivity contribution in [2.24, 2.45) is 11.8 Å². The van der Waals surface area contributed by atoms with Gasteiger partial charge in [0.05, 0.1) is 12.8 Å². The van der Waals surface area contributed by atoms with Gasteiger partial charge in [-0.3, -0.25) is 9.89 Å². The van der Waals surface area contributed by atoms with Gasteiger partial charge in [0, 0.05) is 37.7 Å². The van der Waals surface area contributed by atoms with Crippen LogP contribution in [0.1, 0.15) is 10.5 Å². The van der Waals surface area contributed by atoms with Crippen LogP contribution in [0, 0.1) is 11.8 Å². The van der Waals surface area contributed by atoms with E-state index in [1.54, 1.807) is 18.1 Å². The second-order valence-corrected chi connectivity index (χ2v) is 7.07. The molecule has 2 heterocycles. The largest absolute Gasteiger partial charge is 0.497 e. The number of aromatic amines is 1. The standard InChI is InChI=1S/C19H26N4O3/c1-22(2)9-14-10-23(11-15(14)12-24)19(25)18-8-17(20-21-18)13-4-6-16(26-3)7-5-13/h4-8,14-15,24H,9-12H2,1-3H3,(H,20,21). The monoisotopic (exact) mass is 358 g/mol. The van der Waals surface area contributed by atoms with Crippen LogP contribution < -0.4 is 4.74 Å². The Balaban J connectivity index is 1.71. The van der Waals surface area contributed by atoms with Crippen molar-refractivity contribution in [1.82, 2.24) is 20.0 Å². The number of likely N-dealkylation sites (tertiary alicyclic amines) is 1. The number of benzene rings is 1. The number of amides is 1. The molecule has 0 spiro atoms. The van der Waals surface area contributed by atoms with E-state index >= 15 is 0 Å². The molecule has 1 aromatic carbocycles. The first-order valence-electron chi connectivity index (χ1n) is 8.76. The molecular weight excluding hydrogens is 332 g/mol. The Hall–Kier alpha value is -2.38. The summed E-state index contributed by atoms with van der Waals surface area (Å²) in [5.74, 6) is 1.10. The molecule has 1 amide bonds. The summed E-state index contributed by atoms with van der Waals surface area (Å²) in [6.07, 6.45) is 0. The van der Waals surface area contributed by atoms with Crippen molar-refractivity contribution in [3.63, 3.8) is 0 Å². The van der Waals surface area contributed by atoms with Crippen molar-refractivity contribution in [2.75, 3.05) is 47.4 Å². The van der Waals surface area contributed by atoms with E-state index in [1.165, 1.54) is 0 Å². The Morgan fingerprint density at radius 1 is 1.31 bits per heavy atom. The maximum atomic E-state index is 12.8. The molecule has 0 saturated carbocycles. The number of aliphatic hydroxyl groups is 1. The van der Waals surface area contributed by atoms with Gasteiger partial charge in [-0.1, -0.05) is 0 Å². The molecule has 3 rings (SSSR count). The Kier molecular flexibility index (Phi) is 5.58. The van der Waals surface area contributed by atoms with E-state index < -0.39 is 0 Å². The fourth-order valence-electron chi connectivity index (χ4n) is 3.50. The van der Waals surface area contributed by atoms with Crippen LogP contribution in [-0.4, -0.2) is 78.5 Å². The van der Waals surface area contributed by atoms with Crippen LogP contribution in [0.5, 0.6) is 5.75 Å². The smallest absolute Gasteiger partial charge is 0.271 e. The quantitative estimate of drug-likeness (QED) is 0.814. The highest BCUT2D eigenvalue weighted by atomic mass is 16.5. The van der Waals surface area contributed by atoms with Crippen LogP contribution in [0.4, 0.5) is 0 Å². The molecule has 0 aliphatic carbocycles. The molecule has 1 aromatic heterocycles. The number of rotatable bonds is 6. The van der Waals surface area contributed by atoms with Crippen LogP contribution in [-0.2, 0) is 0 Å². The van der Waals surface area contributed by atoms with Crippen LogP contribution >= 0.6 is 0 Å². The van der Waals surface area contributed by atoms with Gasteiger partial charge in [-0.15, -0.1) is 0 Å². The van der Waals surface area contributed by atoms with Crippen LogP contribution in [0.2, 0.25) is 0 Å². The number of carbonyl (C=O) groups excluding carboxylic acids is 1. The SMILES string of the molecule is COc1ccc(-c2cc(C(=O)N3CC(CO)C(CN(C)C)C3)[nH]n2)cc1. The van der Waals surface area contributed by atoms with E-state index in [0.717, 1.165) is 23.6 Å². The lowest BCUT2D eigenvalue weighted by molar-refractivity contribution is 0.0773. The van der Waals surface area contributed by atoms with Gasteiger partial charge >= 0.3 is 0 Å². The zero-order valence-electron chi connectivity index (χ0n) is 15.5. The molecule has 2 unspecified atom stereocenters. The number of aliphatic hydroxyl groups excluding tert-OH is 1. The summed E-state index contributed by atoms with van der Waals surface area (Å²) in [4.78, 5) is 16.7. The Labute approximate surface area is 153 Å². The summed E-state index contributed by atoms with van der Waals surface area (Å²) in [6.45, 7) is 2.18. The number of aromatic nitrogens is 2. The second kappa shape index (κ2) is 7.88. The molecule has 2 aromatic rings. The average Bonchev–Trinajstić information content (AvgIpc) is 3.28. The predicted octanol–water partition coefficient (Wildman–Crippen LogP) is 1.33. The first-order chi connectivity index (χ1) is 12.5. The number of H-pyrrole nitrogens is 1. The molecule has 140 valence electrons. The predicted molar refractivity (Wildman–Crippen MR) is 99.1 cm³/mol. The fraction of sp³-hybridized carbons (Fsp3) is 0.474. The van der Waals surface area contributed by atoms with Crippen molar-refractivity contribution in [3.8, 4) is 17.0 Å². The number of hydrogen-bond acceptors (Lipinski definition) is 5. The van der Waals surface area contributed by atoms with E-state index in [9.17, 15) is 9.90 Å². The zero-order valence-corrected chi connectivity index (χ0v) is 15.5. The van der Waals surface area contributed by atoms with Crippen molar-refractivity contribution in [2.45, 2.75) is 0 Å². The summed E-state index contributed by atoms with van der Waals surface area (Å²) in [7, 11) is 5.64. The van der Waals surface area contributed by atoms with Crippen molar-refractivity contribution in [1.29, 1.82) is 0 Å². The van der Waals surface area contributed by atoms with Gasteiger partial charge in [0.15, 0.2) is 0 Å². The highest BCUT2D eigenvalue weighted by molar-refractivity contribution is 5.93. The van der Waals surface area contributed by atoms with Crippen molar-refractivity contribution < 1.29 is 14.6 Å². The summed E-state index contributed by atoms with van der Waals surface area (Å²) >= 11 is 0. The molecule has 1 fully saturated rings. The van der Waals surface area contributed by atoms with Crippen LogP contribution in [0.15, 0.2) is 30.3 Å². The third-order valence-electron chi connectivity index (χ3n) is 4.89. The van der Waals surface area contributed by atoms with E-state index in [4.69, 9.17) is 4.74 Å². The first-order valence-corrected chi connectivity index (χ1v) is 8.76. The van der Waals surface area contributed by atoms with Gasteiger partial charge in [0.25, 0.3) is 5.91 Å². The zero-order chi connectivity index (χ0) is 18.7. The Morgan fingerprint density at radius 3 is 2.62 bits per heavy atom. The number of carbonyl (C=O) groups is 1. The van der Waals surface area contributed by atoms with Crippen LogP contribution in [0.25, 0.3) is 11.3 Å². The third-order valence-corrected chi connectivity index (χ3v) is 4.89. The topological polar surface area (TPSA) is 81.7 Å². The van der Waals surface area contributed by atoms with Gasteiger partial charge in [0.1, 0.15) is 11.4 Å². The lowest BCUT2D eigenvalue weighted by atomic mass is 9.97. The summed E-state index contributed by atoms with van der Waals surface area (Å²) < 4.78 is 5.16. The highest BCUT2D eigenvalue weighted by Crippen LogP contribution is 2.26. The average molecular weight is 358 g/mol. The minimum absolute atomic E-state index is 0.0723. The van der Waals surface area contributed by atoms with Gasteiger partial charge in [-0.2, -0.15) is 5.10 Å². The number of nitrogens with zero attached hydrogens (tertiary/aromatic N) is 3. The molecule has 0 bridgehead atoms. The second-order valence-electron chi connectivity index (χ2n) is 7.07. The summed E-state index contributed by atoms with van der Waals surface area (Å²) in [5.41, 5.74) is 2.11. The van der Waals surface area contributed by atoms with E-state index in [2.05, 4.69) is 15.1 Å². The first kappa shape index (κ1) is 18.4. The molecule has 7 heteroatoms. The molecule has 1 saturated heterocycles. The number of hydrogen-bond donors (Lipinski definition) is 2. The van der Waals surface area contributed by atoms with Crippen LogP contribution in [0.3, 0.4) is 0 Å². The summed E-state index contributed by atoms with van der Waals surface area (Å²) in [5, 5.41) is 16.8. The molecule has 2 atom stereocenters. The van der Waals surface area contributed by atoms with E-state index in [1.807, 2.05) is 38.4 Å². The number of methoxy groups -OCH3 is 1. The Bertz CT molecular complexity index is 741. The Morgan fingerprint density at radius 2 is 2.00 bits per heavy atom.